The standard InChI is InChI=1S/C10H8BrFN2/c11-9-5-13-14(7-9)6-8-3-1-2-4-10(8)12/h1-5,7H,6H2. The molecule has 0 aliphatic rings. The zero-order valence-corrected chi connectivity index (χ0v) is 8.91. The highest BCUT2D eigenvalue weighted by atomic mass is 79.9. The van der Waals surface area contributed by atoms with Gasteiger partial charge < -0.3 is 0 Å². The Morgan fingerprint density at radius 1 is 1.36 bits per heavy atom. The summed E-state index contributed by atoms with van der Waals surface area (Å²) in [7, 11) is 0. The van der Waals surface area contributed by atoms with Crippen molar-refractivity contribution in [2.24, 2.45) is 0 Å². The molecule has 1 heterocycles. The van der Waals surface area contributed by atoms with Gasteiger partial charge in [-0.05, 0) is 22.0 Å². The van der Waals surface area contributed by atoms with Crippen LogP contribution in [0.3, 0.4) is 0 Å². The van der Waals surface area contributed by atoms with Crippen LogP contribution in [0.5, 0.6) is 0 Å². The molecule has 0 N–H and O–H groups in total. The van der Waals surface area contributed by atoms with Crippen LogP contribution in [-0.2, 0) is 6.54 Å². The van der Waals surface area contributed by atoms with Gasteiger partial charge in [-0.3, -0.25) is 4.68 Å². The van der Waals surface area contributed by atoms with Gasteiger partial charge in [0.2, 0.25) is 0 Å². The van der Waals surface area contributed by atoms with E-state index in [2.05, 4.69) is 21.0 Å². The molecular weight excluding hydrogens is 247 g/mol. The first-order valence-electron chi connectivity index (χ1n) is 4.17. The normalized spacial score (nSPS) is 10.4. The fourth-order valence-electron chi connectivity index (χ4n) is 1.23. The van der Waals surface area contributed by atoms with Crippen molar-refractivity contribution in [2.75, 3.05) is 0 Å². The monoisotopic (exact) mass is 254 g/mol. The van der Waals surface area contributed by atoms with E-state index in [4.69, 9.17) is 0 Å². The summed E-state index contributed by atoms with van der Waals surface area (Å²) in [5.74, 6) is -0.195. The molecule has 0 fully saturated rings. The minimum atomic E-state index is -0.195. The molecule has 2 nitrogen and oxygen atoms in total. The molecule has 0 amide bonds. The molecule has 0 aliphatic carbocycles. The molecule has 0 aliphatic heterocycles. The number of nitrogens with zero attached hydrogens (tertiary/aromatic N) is 2. The Bertz CT molecular complexity index is 439. The maximum atomic E-state index is 13.2. The van der Waals surface area contributed by atoms with E-state index in [1.165, 1.54) is 6.07 Å². The van der Waals surface area contributed by atoms with Crippen molar-refractivity contribution >= 4 is 15.9 Å². The lowest BCUT2D eigenvalue weighted by Crippen LogP contribution is -2.01. The maximum absolute atomic E-state index is 13.2. The second-order valence-corrected chi connectivity index (χ2v) is 3.86. The van der Waals surface area contributed by atoms with Crippen LogP contribution in [-0.4, -0.2) is 9.78 Å². The Morgan fingerprint density at radius 3 is 2.79 bits per heavy atom. The predicted octanol–water partition coefficient (Wildman–Crippen LogP) is 2.83. The summed E-state index contributed by atoms with van der Waals surface area (Å²) in [6, 6.07) is 6.70. The first-order chi connectivity index (χ1) is 6.75. The van der Waals surface area contributed by atoms with E-state index in [-0.39, 0.29) is 5.82 Å². The summed E-state index contributed by atoms with van der Waals surface area (Å²) < 4.78 is 15.8. The van der Waals surface area contributed by atoms with Crippen LogP contribution < -0.4 is 0 Å². The van der Waals surface area contributed by atoms with E-state index in [0.29, 0.717) is 12.1 Å². The lowest BCUT2D eigenvalue weighted by molar-refractivity contribution is 0.585. The third-order valence-corrected chi connectivity index (χ3v) is 2.30. The molecule has 0 spiro atoms. The number of hydrogen-bond acceptors (Lipinski definition) is 1. The Kier molecular flexibility index (Phi) is 2.63. The fraction of sp³-hybridized carbons (Fsp3) is 0.100. The second kappa shape index (κ2) is 3.92. The summed E-state index contributed by atoms with van der Waals surface area (Å²) in [6.07, 6.45) is 3.49. The Hall–Kier alpha value is -1.16. The number of rotatable bonds is 2. The molecule has 0 atom stereocenters. The SMILES string of the molecule is Fc1ccccc1Cn1cc(Br)cn1. The highest BCUT2D eigenvalue weighted by Gasteiger charge is 2.02. The molecule has 14 heavy (non-hydrogen) atoms. The summed E-state index contributed by atoms with van der Waals surface area (Å²) in [5, 5.41) is 4.06. The molecule has 0 radical (unpaired) electrons. The number of halogens is 2. The van der Waals surface area contributed by atoms with Crippen LogP contribution in [0, 0.1) is 5.82 Å². The Balaban J connectivity index is 2.23. The van der Waals surface area contributed by atoms with E-state index in [9.17, 15) is 4.39 Å². The van der Waals surface area contributed by atoms with Gasteiger partial charge in [0.15, 0.2) is 0 Å². The van der Waals surface area contributed by atoms with Crippen molar-refractivity contribution in [1.29, 1.82) is 0 Å². The molecule has 0 unspecified atom stereocenters. The molecule has 0 saturated carbocycles. The third-order valence-electron chi connectivity index (χ3n) is 1.89. The van der Waals surface area contributed by atoms with Gasteiger partial charge in [0.25, 0.3) is 0 Å². The minimum Gasteiger partial charge on any atom is -0.267 e. The van der Waals surface area contributed by atoms with Gasteiger partial charge in [-0.15, -0.1) is 0 Å². The average molecular weight is 255 g/mol. The van der Waals surface area contributed by atoms with Gasteiger partial charge >= 0.3 is 0 Å². The lowest BCUT2D eigenvalue weighted by atomic mass is 10.2. The van der Waals surface area contributed by atoms with Gasteiger partial charge in [0, 0.05) is 11.8 Å². The maximum Gasteiger partial charge on any atom is 0.128 e. The summed E-state index contributed by atoms with van der Waals surface area (Å²) in [4.78, 5) is 0. The molecule has 1 aromatic carbocycles. The average Bonchev–Trinajstić information content (AvgIpc) is 2.56. The van der Waals surface area contributed by atoms with Crippen LogP contribution in [0.15, 0.2) is 41.1 Å². The summed E-state index contributed by atoms with van der Waals surface area (Å²) >= 11 is 3.29. The summed E-state index contributed by atoms with van der Waals surface area (Å²) in [5.41, 5.74) is 0.642. The largest absolute Gasteiger partial charge is 0.267 e. The number of benzene rings is 1. The van der Waals surface area contributed by atoms with E-state index >= 15 is 0 Å². The van der Waals surface area contributed by atoms with Gasteiger partial charge in [-0.1, -0.05) is 18.2 Å². The molecule has 0 saturated heterocycles. The Morgan fingerprint density at radius 2 is 2.14 bits per heavy atom. The van der Waals surface area contributed by atoms with E-state index in [1.54, 1.807) is 23.0 Å². The van der Waals surface area contributed by atoms with Crippen molar-refractivity contribution in [2.45, 2.75) is 6.54 Å². The van der Waals surface area contributed by atoms with E-state index < -0.39 is 0 Å². The number of hydrogen-bond donors (Lipinski definition) is 0. The first kappa shape index (κ1) is 9.40. The fourth-order valence-corrected chi connectivity index (χ4v) is 1.55. The quantitative estimate of drug-likeness (QED) is 0.806. The third kappa shape index (κ3) is 2.01. The number of aromatic nitrogens is 2. The molecule has 0 bridgehead atoms. The van der Waals surface area contributed by atoms with Crippen LogP contribution in [0.4, 0.5) is 4.39 Å². The molecule has 2 rings (SSSR count). The van der Waals surface area contributed by atoms with Crippen LogP contribution >= 0.6 is 15.9 Å². The molecule has 1 aromatic heterocycles. The van der Waals surface area contributed by atoms with Crippen LogP contribution in [0.2, 0.25) is 0 Å². The summed E-state index contributed by atoms with van der Waals surface area (Å²) in [6.45, 7) is 0.457. The smallest absolute Gasteiger partial charge is 0.128 e. The molecule has 4 heteroatoms. The van der Waals surface area contributed by atoms with E-state index in [1.807, 2.05) is 12.3 Å². The van der Waals surface area contributed by atoms with Gasteiger partial charge in [-0.25, -0.2) is 4.39 Å². The van der Waals surface area contributed by atoms with Crippen LogP contribution in [0.25, 0.3) is 0 Å². The highest BCUT2D eigenvalue weighted by Crippen LogP contribution is 2.11. The van der Waals surface area contributed by atoms with Gasteiger partial charge in [0.05, 0.1) is 17.2 Å². The van der Waals surface area contributed by atoms with Crippen LogP contribution in [0.1, 0.15) is 5.56 Å². The Labute approximate surface area is 89.5 Å². The van der Waals surface area contributed by atoms with E-state index in [0.717, 1.165) is 4.47 Å². The predicted molar refractivity (Wildman–Crippen MR) is 55.4 cm³/mol. The molecule has 2 aromatic rings. The van der Waals surface area contributed by atoms with Crippen molar-refractivity contribution in [3.8, 4) is 0 Å². The van der Waals surface area contributed by atoms with Crippen molar-refractivity contribution in [1.82, 2.24) is 9.78 Å². The lowest BCUT2D eigenvalue weighted by Gasteiger charge is -2.02. The zero-order valence-electron chi connectivity index (χ0n) is 7.32. The minimum absolute atomic E-state index is 0.195. The zero-order chi connectivity index (χ0) is 9.97. The highest BCUT2D eigenvalue weighted by molar-refractivity contribution is 9.10. The molecule has 72 valence electrons. The van der Waals surface area contributed by atoms with Crippen molar-refractivity contribution in [3.05, 3.63) is 52.5 Å². The van der Waals surface area contributed by atoms with Crippen molar-refractivity contribution in [3.63, 3.8) is 0 Å². The van der Waals surface area contributed by atoms with Crippen molar-refractivity contribution < 1.29 is 4.39 Å². The van der Waals surface area contributed by atoms with Gasteiger partial charge in [0.1, 0.15) is 5.82 Å². The molecular formula is C10H8BrFN2. The first-order valence-corrected chi connectivity index (χ1v) is 4.96. The topological polar surface area (TPSA) is 17.8 Å². The second-order valence-electron chi connectivity index (χ2n) is 2.95. The van der Waals surface area contributed by atoms with Gasteiger partial charge in [-0.2, -0.15) is 5.10 Å².